The van der Waals surface area contributed by atoms with E-state index in [2.05, 4.69) is 20.4 Å². The predicted molar refractivity (Wildman–Crippen MR) is 58.5 cm³/mol. The lowest BCUT2D eigenvalue weighted by Gasteiger charge is -2.33. The van der Waals surface area contributed by atoms with E-state index in [0.717, 1.165) is 25.2 Å². The fourth-order valence-electron chi connectivity index (χ4n) is 2.38. The molecule has 0 spiro atoms. The molecule has 1 aromatic heterocycles. The van der Waals surface area contributed by atoms with E-state index in [1.807, 2.05) is 20.9 Å². The number of aryl methyl sites for hydroxylation is 1. The number of hydrogen-bond donors (Lipinski definition) is 1. The summed E-state index contributed by atoms with van der Waals surface area (Å²) in [6, 6.07) is 0.198. The molecule has 1 fully saturated rings. The molecule has 0 radical (unpaired) electrons. The molecule has 1 aliphatic rings. The zero-order chi connectivity index (χ0) is 11.8. The Balaban J connectivity index is 2.07. The Hall–Kier alpha value is -1.01. The highest BCUT2D eigenvalue weighted by Gasteiger charge is 2.36. The summed E-state index contributed by atoms with van der Waals surface area (Å²) in [5.74, 6) is 0.844. The first-order valence-electron chi connectivity index (χ1n) is 5.66. The van der Waals surface area contributed by atoms with Gasteiger partial charge in [0.05, 0.1) is 12.1 Å². The van der Waals surface area contributed by atoms with E-state index < -0.39 is 5.60 Å². The second kappa shape index (κ2) is 4.10. The summed E-state index contributed by atoms with van der Waals surface area (Å²) >= 11 is 0. The number of hydrogen-bond acceptors (Lipinski definition) is 5. The lowest BCUT2D eigenvalue weighted by molar-refractivity contribution is -0.00607. The van der Waals surface area contributed by atoms with Gasteiger partial charge in [0.2, 0.25) is 0 Å². The van der Waals surface area contributed by atoms with Crippen molar-refractivity contribution >= 4 is 0 Å². The minimum atomic E-state index is -0.664. The van der Waals surface area contributed by atoms with Gasteiger partial charge >= 0.3 is 0 Å². The van der Waals surface area contributed by atoms with Crippen LogP contribution in [0.25, 0.3) is 0 Å². The number of nitrogens with zero attached hydrogens (tertiary/aromatic N) is 5. The molecule has 0 amide bonds. The van der Waals surface area contributed by atoms with Crippen molar-refractivity contribution in [3.05, 3.63) is 5.82 Å². The zero-order valence-electron chi connectivity index (χ0n) is 10.1. The molecule has 6 heteroatoms. The van der Waals surface area contributed by atoms with Crippen molar-refractivity contribution in [3.8, 4) is 0 Å². The summed E-state index contributed by atoms with van der Waals surface area (Å²) in [5.41, 5.74) is -0.664. The van der Waals surface area contributed by atoms with Crippen LogP contribution in [-0.2, 0) is 13.6 Å². The molecule has 0 bridgehead atoms. The van der Waals surface area contributed by atoms with Crippen molar-refractivity contribution < 1.29 is 5.11 Å². The Morgan fingerprint density at radius 3 is 2.81 bits per heavy atom. The second-order valence-corrected chi connectivity index (χ2v) is 5.00. The summed E-state index contributed by atoms with van der Waals surface area (Å²) in [6.45, 7) is 5.44. The van der Waals surface area contributed by atoms with Crippen LogP contribution in [0.2, 0.25) is 0 Å². The van der Waals surface area contributed by atoms with Crippen molar-refractivity contribution in [1.82, 2.24) is 25.1 Å². The highest BCUT2D eigenvalue weighted by molar-refractivity contribution is 4.93. The van der Waals surface area contributed by atoms with Crippen molar-refractivity contribution in [1.29, 1.82) is 0 Å². The van der Waals surface area contributed by atoms with Gasteiger partial charge in [0, 0.05) is 13.1 Å². The molecule has 1 aliphatic heterocycles. The smallest absolute Gasteiger partial charge is 0.164 e. The van der Waals surface area contributed by atoms with E-state index >= 15 is 0 Å². The topological polar surface area (TPSA) is 67.1 Å². The molecule has 0 aromatic carbocycles. The molecule has 1 atom stereocenters. The van der Waals surface area contributed by atoms with Crippen LogP contribution < -0.4 is 0 Å². The third-order valence-corrected chi connectivity index (χ3v) is 3.23. The van der Waals surface area contributed by atoms with Crippen LogP contribution in [0.1, 0.15) is 32.5 Å². The van der Waals surface area contributed by atoms with Gasteiger partial charge in [0.15, 0.2) is 5.82 Å². The molecular weight excluding hydrogens is 206 g/mol. The van der Waals surface area contributed by atoms with Crippen molar-refractivity contribution in [2.45, 2.75) is 44.9 Å². The average molecular weight is 225 g/mol. The van der Waals surface area contributed by atoms with Gasteiger partial charge in [-0.25, -0.2) is 4.68 Å². The van der Waals surface area contributed by atoms with Crippen LogP contribution in [0.15, 0.2) is 0 Å². The van der Waals surface area contributed by atoms with Crippen LogP contribution >= 0.6 is 0 Å². The summed E-state index contributed by atoms with van der Waals surface area (Å²) in [6.07, 6.45) is 2.16. The summed E-state index contributed by atoms with van der Waals surface area (Å²) in [5, 5.41) is 21.5. The maximum Gasteiger partial charge on any atom is 0.164 e. The van der Waals surface area contributed by atoms with Crippen LogP contribution in [0, 0.1) is 0 Å². The van der Waals surface area contributed by atoms with Gasteiger partial charge in [0.25, 0.3) is 0 Å². The Kier molecular flexibility index (Phi) is 2.94. The van der Waals surface area contributed by atoms with E-state index in [1.54, 1.807) is 4.68 Å². The first-order chi connectivity index (χ1) is 7.48. The van der Waals surface area contributed by atoms with E-state index in [-0.39, 0.29) is 6.04 Å². The predicted octanol–water partition coefficient (Wildman–Crippen LogP) is -0.0546. The van der Waals surface area contributed by atoms with Gasteiger partial charge in [-0.3, -0.25) is 4.90 Å². The van der Waals surface area contributed by atoms with E-state index in [4.69, 9.17) is 0 Å². The maximum absolute atomic E-state index is 10.1. The van der Waals surface area contributed by atoms with Crippen molar-refractivity contribution in [3.63, 3.8) is 0 Å². The number of likely N-dealkylation sites (tertiary alicyclic amines) is 1. The van der Waals surface area contributed by atoms with Crippen LogP contribution in [-0.4, -0.2) is 48.4 Å². The van der Waals surface area contributed by atoms with Gasteiger partial charge in [-0.15, -0.1) is 5.10 Å². The summed E-state index contributed by atoms with van der Waals surface area (Å²) < 4.78 is 1.68. The van der Waals surface area contributed by atoms with Crippen molar-refractivity contribution in [2.24, 2.45) is 7.05 Å². The number of aromatic nitrogens is 4. The normalized spacial score (nSPS) is 22.9. The molecule has 6 nitrogen and oxygen atoms in total. The SMILES string of the molecule is Cn1nnnc1CN1CCCC1C(C)(C)O. The lowest BCUT2D eigenvalue weighted by Crippen LogP contribution is -2.45. The Labute approximate surface area is 95.2 Å². The fraction of sp³-hybridized carbons (Fsp3) is 0.900. The molecule has 2 heterocycles. The molecule has 1 aromatic rings. The average Bonchev–Trinajstić information content (AvgIpc) is 2.76. The molecule has 0 saturated carbocycles. The maximum atomic E-state index is 10.1. The van der Waals surface area contributed by atoms with Crippen LogP contribution in [0.4, 0.5) is 0 Å². The fourth-order valence-corrected chi connectivity index (χ4v) is 2.38. The quantitative estimate of drug-likeness (QED) is 0.781. The zero-order valence-corrected chi connectivity index (χ0v) is 10.1. The van der Waals surface area contributed by atoms with Crippen LogP contribution in [0.3, 0.4) is 0 Å². The standard InChI is InChI=1S/C10H19N5O/c1-10(2,16)8-5-4-6-15(8)7-9-11-12-13-14(9)3/h8,16H,4-7H2,1-3H3. The van der Waals surface area contributed by atoms with Gasteiger partial charge < -0.3 is 5.11 Å². The van der Waals surface area contributed by atoms with Gasteiger partial charge in [-0.05, 0) is 43.7 Å². The first-order valence-corrected chi connectivity index (χ1v) is 5.66. The molecule has 1 unspecified atom stereocenters. The largest absolute Gasteiger partial charge is 0.389 e. The molecule has 2 rings (SSSR count). The van der Waals surface area contributed by atoms with E-state index in [0.29, 0.717) is 6.54 Å². The molecule has 0 aliphatic carbocycles. The lowest BCUT2D eigenvalue weighted by atomic mass is 9.97. The molecule has 1 N–H and O–H groups in total. The van der Waals surface area contributed by atoms with Gasteiger partial charge in [0.1, 0.15) is 0 Å². The summed E-state index contributed by atoms with van der Waals surface area (Å²) in [7, 11) is 1.84. The first kappa shape index (κ1) is 11.5. The van der Waals surface area contributed by atoms with Gasteiger partial charge in [-0.1, -0.05) is 0 Å². The monoisotopic (exact) mass is 225 g/mol. The number of rotatable bonds is 3. The Morgan fingerprint density at radius 2 is 2.25 bits per heavy atom. The second-order valence-electron chi connectivity index (χ2n) is 5.00. The third-order valence-electron chi connectivity index (χ3n) is 3.23. The van der Waals surface area contributed by atoms with Crippen molar-refractivity contribution in [2.75, 3.05) is 6.54 Å². The molecule has 90 valence electrons. The molecule has 1 saturated heterocycles. The molecule has 16 heavy (non-hydrogen) atoms. The minimum absolute atomic E-state index is 0.198. The number of tetrazole rings is 1. The third kappa shape index (κ3) is 2.22. The van der Waals surface area contributed by atoms with E-state index in [9.17, 15) is 5.11 Å². The number of aliphatic hydroxyl groups is 1. The highest BCUT2D eigenvalue weighted by Crippen LogP contribution is 2.27. The van der Waals surface area contributed by atoms with Crippen LogP contribution in [0.5, 0.6) is 0 Å². The van der Waals surface area contributed by atoms with Gasteiger partial charge in [-0.2, -0.15) is 0 Å². The Morgan fingerprint density at radius 1 is 1.50 bits per heavy atom. The Bertz CT molecular complexity index is 356. The minimum Gasteiger partial charge on any atom is -0.389 e. The highest BCUT2D eigenvalue weighted by atomic mass is 16.3. The summed E-state index contributed by atoms with van der Waals surface area (Å²) in [4.78, 5) is 2.26. The molecular formula is C10H19N5O. The van der Waals surface area contributed by atoms with E-state index in [1.165, 1.54) is 0 Å².